The third-order valence-electron chi connectivity index (χ3n) is 4.02. The minimum atomic E-state index is 0.0469. The molecule has 3 aromatic rings. The number of aryl methyl sites for hydroxylation is 2. The summed E-state index contributed by atoms with van der Waals surface area (Å²) in [6.45, 7) is 4.25. The largest absolute Gasteiger partial charge is 0.361 e. The molecule has 0 fully saturated rings. The van der Waals surface area contributed by atoms with Crippen LogP contribution in [0.3, 0.4) is 0 Å². The van der Waals surface area contributed by atoms with E-state index in [0.717, 1.165) is 27.7 Å². The van der Waals surface area contributed by atoms with Crippen LogP contribution in [0.4, 0.5) is 0 Å². The van der Waals surface area contributed by atoms with Crippen molar-refractivity contribution in [1.29, 1.82) is 0 Å². The van der Waals surface area contributed by atoms with E-state index >= 15 is 0 Å². The maximum absolute atomic E-state index is 12.4. The summed E-state index contributed by atoms with van der Waals surface area (Å²) < 4.78 is 5.11. The Hall–Kier alpha value is -2.69. The number of pyridine rings is 1. The molecule has 2 heterocycles. The van der Waals surface area contributed by atoms with Crippen LogP contribution in [0.1, 0.15) is 22.6 Å². The van der Waals surface area contributed by atoms with E-state index in [1.54, 1.807) is 11.1 Å². The molecule has 0 radical (unpaired) electrons. The van der Waals surface area contributed by atoms with Crippen molar-refractivity contribution in [3.8, 4) is 0 Å². The van der Waals surface area contributed by atoms with E-state index in [1.165, 1.54) is 0 Å². The van der Waals surface area contributed by atoms with E-state index in [9.17, 15) is 4.79 Å². The molecule has 5 heteroatoms. The van der Waals surface area contributed by atoms with Gasteiger partial charge < -0.3 is 9.42 Å². The van der Waals surface area contributed by atoms with Gasteiger partial charge in [0.1, 0.15) is 5.76 Å². The fourth-order valence-electron chi connectivity index (χ4n) is 2.63. The molecule has 23 heavy (non-hydrogen) atoms. The van der Waals surface area contributed by atoms with Gasteiger partial charge in [-0.1, -0.05) is 17.3 Å². The third-order valence-corrected chi connectivity index (χ3v) is 4.02. The second kappa shape index (κ2) is 6.20. The lowest BCUT2D eigenvalue weighted by atomic mass is 10.1. The molecule has 2 aromatic heterocycles. The summed E-state index contributed by atoms with van der Waals surface area (Å²) in [6.07, 6.45) is 2.09. The predicted molar refractivity (Wildman–Crippen MR) is 87.9 cm³/mol. The van der Waals surface area contributed by atoms with Crippen molar-refractivity contribution in [3.63, 3.8) is 0 Å². The van der Waals surface area contributed by atoms with Crippen molar-refractivity contribution < 1.29 is 9.32 Å². The van der Waals surface area contributed by atoms with Crippen LogP contribution in [0, 0.1) is 13.8 Å². The summed E-state index contributed by atoms with van der Waals surface area (Å²) in [6, 6.07) is 10.0. The van der Waals surface area contributed by atoms with Crippen LogP contribution in [-0.4, -0.2) is 28.0 Å². The van der Waals surface area contributed by atoms with Gasteiger partial charge in [-0.3, -0.25) is 9.78 Å². The van der Waals surface area contributed by atoms with Gasteiger partial charge in [0.05, 0.1) is 17.6 Å². The molecular weight excluding hydrogens is 290 g/mol. The molecule has 0 atom stereocenters. The maximum Gasteiger partial charge on any atom is 0.227 e. The van der Waals surface area contributed by atoms with Gasteiger partial charge in [0.2, 0.25) is 5.91 Å². The van der Waals surface area contributed by atoms with Crippen molar-refractivity contribution in [3.05, 3.63) is 59.1 Å². The van der Waals surface area contributed by atoms with Crippen molar-refractivity contribution in [1.82, 2.24) is 15.0 Å². The lowest BCUT2D eigenvalue weighted by Crippen LogP contribution is -2.28. The monoisotopic (exact) mass is 309 g/mol. The average Bonchev–Trinajstić information content (AvgIpc) is 2.86. The number of nitrogens with zero attached hydrogens (tertiary/aromatic N) is 3. The molecule has 0 aliphatic carbocycles. The van der Waals surface area contributed by atoms with E-state index in [2.05, 4.69) is 16.2 Å². The number of fused-ring (bicyclic) bond motifs is 1. The number of carbonyl (C=O) groups is 1. The Kier molecular flexibility index (Phi) is 4.10. The fraction of sp³-hybridized carbons (Fsp3) is 0.278. The van der Waals surface area contributed by atoms with Gasteiger partial charge in [-0.25, -0.2) is 0 Å². The Bertz CT molecular complexity index is 835. The molecule has 0 unspecified atom stereocenters. The van der Waals surface area contributed by atoms with E-state index in [4.69, 9.17) is 4.52 Å². The van der Waals surface area contributed by atoms with Crippen LogP contribution in [0.15, 0.2) is 41.1 Å². The number of aromatic nitrogens is 2. The quantitative estimate of drug-likeness (QED) is 0.743. The second-order valence-corrected chi connectivity index (χ2v) is 5.76. The molecule has 1 aromatic carbocycles. The molecule has 0 saturated heterocycles. The number of carbonyl (C=O) groups excluding carboxylic acids is 1. The predicted octanol–water partition coefficient (Wildman–Crippen LogP) is 3.04. The zero-order chi connectivity index (χ0) is 16.4. The first kappa shape index (κ1) is 15.2. The van der Waals surface area contributed by atoms with E-state index < -0.39 is 0 Å². The fourth-order valence-corrected chi connectivity index (χ4v) is 2.63. The molecular formula is C18H19N3O2. The Labute approximate surface area is 134 Å². The third kappa shape index (κ3) is 3.23. The molecule has 0 aliphatic rings. The van der Waals surface area contributed by atoms with Crippen LogP contribution in [0.25, 0.3) is 10.9 Å². The van der Waals surface area contributed by atoms with Gasteiger partial charge in [0, 0.05) is 30.7 Å². The highest BCUT2D eigenvalue weighted by molar-refractivity contribution is 5.80. The Balaban J connectivity index is 1.72. The van der Waals surface area contributed by atoms with E-state index in [0.29, 0.717) is 18.7 Å². The summed E-state index contributed by atoms with van der Waals surface area (Å²) in [7, 11) is 1.81. The minimum Gasteiger partial charge on any atom is -0.361 e. The van der Waals surface area contributed by atoms with E-state index in [-0.39, 0.29) is 5.91 Å². The normalized spacial score (nSPS) is 10.9. The Morgan fingerprint density at radius 3 is 2.83 bits per heavy atom. The average molecular weight is 309 g/mol. The molecule has 0 N–H and O–H groups in total. The maximum atomic E-state index is 12.4. The summed E-state index contributed by atoms with van der Waals surface area (Å²) in [5, 5.41) is 4.97. The van der Waals surface area contributed by atoms with Gasteiger partial charge >= 0.3 is 0 Å². The van der Waals surface area contributed by atoms with Gasteiger partial charge in [-0.15, -0.1) is 0 Å². The molecule has 0 saturated carbocycles. The van der Waals surface area contributed by atoms with Crippen LogP contribution in [0.5, 0.6) is 0 Å². The zero-order valence-electron chi connectivity index (χ0n) is 13.5. The number of rotatable bonds is 4. The van der Waals surface area contributed by atoms with Crippen molar-refractivity contribution >= 4 is 16.8 Å². The number of amides is 1. The van der Waals surface area contributed by atoms with Gasteiger partial charge in [0.25, 0.3) is 0 Å². The van der Waals surface area contributed by atoms with Crippen molar-refractivity contribution in [2.24, 2.45) is 0 Å². The van der Waals surface area contributed by atoms with Crippen LogP contribution < -0.4 is 0 Å². The SMILES string of the molecule is Cc1noc(C)c1CC(=O)N(C)Cc1ccc2ncccc2c1. The smallest absolute Gasteiger partial charge is 0.227 e. The molecule has 0 aliphatic heterocycles. The van der Waals surface area contributed by atoms with Crippen molar-refractivity contribution in [2.45, 2.75) is 26.8 Å². The zero-order valence-corrected chi connectivity index (χ0v) is 13.5. The number of hydrogen-bond donors (Lipinski definition) is 0. The Morgan fingerprint density at radius 1 is 1.26 bits per heavy atom. The molecule has 0 bridgehead atoms. The first-order valence-corrected chi connectivity index (χ1v) is 7.54. The summed E-state index contributed by atoms with van der Waals surface area (Å²) in [5.74, 6) is 0.756. The highest BCUT2D eigenvalue weighted by Crippen LogP contribution is 2.17. The van der Waals surface area contributed by atoms with Gasteiger partial charge in [-0.2, -0.15) is 0 Å². The number of hydrogen-bond acceptors (Lipinski definition) is 4. The van der Waals surface area contributed by atoms with Crippen LogP contribution >= 0.6 is 0 Å². The van der Waals surface area contributed by atoms with Gasteiger partial charge in [0.15, 0.2) is 0 Å². The van der Waals surface area contributed by atoms with E-state index in [1.807, 2.05) is 45.2 Å². The second-order valence-electron chi connectivity index (χ2n) is 5.76. The van der Waals surface area contributed by atoms with Crippen molar-refractivity contribution in [2.75, 3.05) is 7.05 Å². The lowest BCUT2D eigenvalue weighted by Gasteiger charge is -2.17. The summed E-state index contributed by atoms with van der Waals surface area (Å²) >= 11 is 0. The van der Waals surface area contributed by atoms with Crippen LogP contribution in [-0.2, 0) is 17.8 Å². The Morgan fingerprint density at radius 2 is 2.09 bits per heavy atom. The first-order valence-electron chi connectivity index (χ1n) is 7.54. The number of likely N-dealkylation sites (N-methyl/N-ethyl adjacent to an activating group) is 1. The lowest BCUT2D eigenvalue weighted by molar-refractivity contribution is -0.129. The van der Waals surface area contributed by atoms with Crippen LogP contribution in [0.2, 0.25) is 0 Å². The summed E-state index contributed by atoms with van der Waals surface area (Å²) in [4.78, 5) is 18.5. The number of benzene rings is 1. The minimum absolute atomic E-state index is 0.0469. The first-order chi connectivity index (χ1) is 11.0. The molecule has 1 amide bonds. The highest BCUT2D eigenvalue weighted by Gasteiger charge is 2.16. The highest BCUT2D eigenvalue weighted by atomic mass is 16.5. The topological polar surface area (TPSA) is 59.2 Å². The molecule has 3 rings (SSSR count). The molecule has 0 spiro atoms. The molecule has 118 valence electrons. The summed E-state index contributed by atoms with van der Waals surface area (Å²) in [5.41, 5.74) is 3.70. The standard InChI is InChI=1S/C18H19N3O2/c1-12-16(13(2)23-20-12)10-18(22)21(3)11-14-6-7-17-15(9-14)5-4-8-19-17/h4-9H,10-11H2,1-3H3. The van der Waals surface area contributed by atoms with Gasteiger partial charge in [-0.05, 0) is 37.6 Å². The molecule has 5 nitrogen and oxygen atoms in total.